The third kappa shape index (κ3) is 6.35. The summed E-state index contributed by atoms with van der Waals surface area (Å²) in [5.74, 6) is 0.845. The first-order valence-electron chi connectivity index (χ1n) is 14.4. The van der Waals surface area contributed by atoms with E-state index in [1.54, 1.807) is 0 Å². The predicted octanol–water partition coefficient (Wildman–Crippen LogP) is 5.13. The summed E-state index contributed by atoms with van der Waals surface area (Å²) in [6.45, 7) is 5.70. The largest absolute Gasteiger partial charge is 0.493 e. The van der Waals surface area contributed by atoms with Gasteiger partial charge in [-0.05, 0) is 58.9 Å². The molecule has 2 aromatic heterocycles. The molecule has 0 atom stereocenters. The molecule has 42 heavy (non-hydrogen) atoms. The van der Waals surface area contributed by atoms with Gasteiger partial charge in [-0.2, -0.15) is 5.21 Å². The molecule has 6 rings (SSSR count). The van der Waals surface area contributed by atoms with Gasteiger partial charge in [0.1, 0.15) is 0 Å². The van der Waals surface area contributed by atoms with Crippen LogP contribution in [-0.2, 0) is 30.7 Å². The van der Waals surface area contributed by atoms with Crippen molar-refractivity contribution >= 4 is 12.2 Å². The molecule has 1 aliphatic heterocycles. The summed E-state index contributed by atoms with van der Waals surface area (Å²) in [5.41, 5.74) is 6.24. The van der Waals surface area contributed by atoms with Crippen molar-refractivity contribution in [3.63, 3.8) is 0 Å². The molecule has 2 N–H and O–H groups in total. The Hall–Kier alpha value is -4.12. The third-order valence-corrected chi connectivity index (χ3v) is 8.31. The summed E-state index contributed by atoms with van der Waals surface area (Å²) in [6.07, 6.45) is 2.44. The van der Waals surface area contributed by atoms with E-state index < -0.39 is 0 Å². The van der Waals surface area contributed by atoms with Gasteiger partial charge in [0.2, 0.25) is 11.7 Å². The second-order valence-corrected chi connectivity index (χ2v) is 10.9. The second kappa shape index (κ2) is 13.2. The van der Waals surface area contributed by atoms with Crippen LogP contribution < -0.4 is 0 Å². The van der Waals surface area contributed by atoms with Gasteiger partial charge in [-0.1, -0.05) is 78.9 Å². The zero-order valence-corrected chi connectivity index (χ0v) is 24.3. The molecular weight excluding hydrogens is 546 g/mol. The highest BCUT2D eigenvalue weighted by Gasteiger charge is 2.19. The van der Waals surface area contributed by atoms with Gasteiger partial charge in [-0.15, -0.1) is 10.2 Å². The molecule has 0 unspecified atom stereocenters. The number of benzene rings is 3. The Labute approximate surface area is 250 Å². The Balaban J connectivity index is 1.24. The zero-order chi connectivity index (χ0) is 28.7. The average Bonchev–Trinajstić information content (AvgIpc) is 3.65. The smallest absolute Gasteiger partial charge is 0.213 e. The molecule has 9 nitrogen and oxygen atoms in total. The Morgan fingerprint density at radius 1 is 0.810 bits per heavy atom. The van der Waals surface area contributed by atoms with Gasteiger partial charge >= 0.3 is 0 Å². The van der Waals surface area contributed by atoms with Crippen molar-refractivity contribution in [2.24, 2.45) is 0 Å². The van der Waals surface area contributed by atoms with Crippen LogP contribution in [0.2, 0.25) is 0 Å². The number of aromatic amines is 1. The molecule has 0 saturated carbocycles. The number of tetrazole rings is 1. The standard InChI is InChI=1S/C32H35N7O2S/c40-31-29(16-13-24-7-2-1-3-8-24)39(32(42)38(31)18-6-17-37-19-21-41-22-20-37)23-25-11-14-26(15-12-25)27-9-4-5-10-28(27)30-33-35-36-34-30/h1-5,7-12,14-15,40H,6,13,16-23H2,(H,33,34,35,36). The molecule has 3 aromatic carbocycles. The van der Waals surface area contributed by atoms with Crippen LogP contribution in [0.4, 0.5) is 0 Å². The van der Waals surface area contributed by atoms with Crippen molar-refractivity contribution in [1.29, 1.82) is 0 Å². The number of rotatable bonds is 11. The highest BCUT2D eigenvalue weighted by Crippen LogP contribution is 2.30. The van der Waals surface area contributed by atoms with Crippen LogP contribution in [0, 0.1) is 4.77 Å². The molecule has 216 valence electrons. The number of H-pyrrole nitrogens is 1. The Morgan fingerprint density at radius 2 is 1.55 bits per heavy atom. The number of aromatic hydroxyl groups is 1. The molecule has 0 amide bonds. The minimum Gasteiger partial charge on any atom is -0.493 e. The molecule has 1 saturated heterocycles. The monoisotopic (exact) mass is 581 g/mol. The maximum absolute atomic E-state index is 11.4. The van der Waals surface area contributed by atoms with Gasteiger partial charge in [-0.3, -0.25) is 9.47 Å². The number of hydrogen-bond acceptors (Lipinski definition) is 7. The lowest BCUT2D eigenvalue weighted by atomic mass is 9.98. The summed E-state index contributed by atoms with van der Waals surface area (Å²) in [4.78, 5) is 2.41. The van der Waals surface area contributed by atoms with Gasteiger partial charge in [0.25, 0.3) is 0 Å². The molecule has 0 aliphatic carbocycles. The fraction of sp³-hybridized carbons (Fsp3) is 0.312. The van der Waals surface area contributed by atoms with Gasteiger partial charge in [0.15, 0.2) is 4.77 Å². The van der Waals surface area contributed by atoms with Crippen LogP contribution in [0.3, 0.4) is 0 Å². The number of aromatic nitrogens is 6. The molecular formula is C32H35N7O2S. The molecule has 0 spiro atoms. The fourth-order valence-corrected chi connectivity index (χ4v) is 5.95. The fourth-order valence-electron chi connectivity index (χ4n) is 5.60. The van der Waals surface area contributed by atoms with Crippen LogP contribution in [0.5, 0.6) is 5.88 Å². The van der Waals surface area contributed by atoms with E-state index in [9.17, 15) is 5.11 Å². The lowest BCUT2D eigenvalue weighted by Crippen LogP contribution is -2.37. The number of nitrogens with one attached hydrogen (secondary N) is 1. The summed E-state index contributed by atoms with van der Waals surface area (Å²) >= 11 is 5.97. The minimum atomic E-state index is 0.281. The minimum absolute atomic E-state index is 0.281. The lowest BCUT2D eigenvalue weighted by Gasteiger charge is -2.26. The van der Waals surface area contributed by atoms with E-state index in [0.29, 0.717) is 30.1 Å². The number of aryl methyl sites for hydroxylation is 1. The summed E-state index contributed by atoms with van der Waals surface area (Å²) < 4.78 is 10.1. The first kappa shape index (κ1) is 28.0. The third-order valence-electron chi connectivity index (χ3n) is 7.87. The van der Waals surface area contributed by atoms with Gasteiger partial charge < -0.3 is 14.4 Å². The maximum Gasteiger partial charge on any atom is 0.213 e. The molecule has 1 fully saturated rings. The van der Waals surface area contributed by atoms with E-state index in [4.69, 9.17) is 17.0 Å². The van der Waals surface area contributed by atoms with Crippen molar-refractivity contribution in [2.45, 2.75) is 32.4 Å². The molecule has 3 heterocycles. The Bertz CT molecular complexity index is 1640. The van der Waals surface area contributed by atoms with Crippen LogP contribution in [0.25, 0.3) is 22.5 Å². The highest BCUT2D eigenvalue weighted by molar-refractivity contribution is 7.71. The van der Waals surface area contributed by atoms with E-state index >= 15 is 0 Å². The first-order chi connectivity index (χ1) is 20.7. The van der Waals surface area contributed by atoms with Crippen LogP contribution in [0.1, 0.15) is 23.2 Å². The highest BCUT2D eigenvalue weighted by atomic mass is 32.1. The van der Waals surface area contributed by atoms with Crippen molar-refractivity contribution in [3.8, 4) is 28.4 Å². The summed E-state index contributed by atoms with van der Waals surface area (Å²) in [5, 5.41) is 26.0. The van der Waals surface area contributed by atoms with Crippen LogP contribution >= 0.6 is 12.2 Å². The van der Waals surface area contributed by atoms with E-state index in [0.717, 1.165) is 73.6 Å². The predicted molar refractivity (Wildman–Crippen MR) is 165 cm³/mol. The van der Waals surface area contributed by atoms with E-state index in [2.05, 4.69) is 84.7 Å². The molecule has 10 heteroatoms. The topological polar surface area (TPSA) is 97.0 Å². The van der Waals surface area contributed by atoms with Crippen LogP contribution in [-0.4, -0.2) is 72.6 Å². The number of imidazole rings is 1. The number of ether oxygens (including phenoxy) is 1. The molecule has 0 bridgehead atoms. The first-order valence-corrected chi connectivity index (χ1v) is 14.9. The van der Waals surface area contributed by atoms with Gasteiger partial charge in [0.05, 0.1) is 25.5 Å². The van der Waals surface area contributed by atoms with Crippen LogP contribution in [0.15, 0.2) is 78.9 Å². The molecule has 5 aromatic rings. The summed E-state index contributed by atoms with van der Waals surface area (Å²) in [6, 6.07) is 26.9. The Morgan fingerprint density at radius 3 is 2.29 bits per heavy atom. The average molecular weight is 582 g/mol. The second-order valence-electron chi connectivity index (χ2n) is 10.6. The maximum atomic E-state index is 11.4. The van der Waals surface area contributed by atoms with Gasteiger partial charge in [-0.25, -0.2) is 0 Å². The normalized spacial score (nSPS) is 13.9. The molecule has 1 aliphatic rings. The van der Waals surface area contributed by atoms with Gasteiger partial charge in [0, 0.05) is 31.7 Å². The van der Waals surface area contributed by atoms with E-state index in [1.807, 2.05) is 28.8 Å². The SMILES string of the molecule is Oc1c(CCc2ccccc2)n(Cc2ccc(-c3ccccc3-c3nn[nH]n3)cc2)c(=S)n1CCCN1CCOCC1. The van der Waals surface area contributed by atoms with E-state index in [-0.39, 0.29) is 5.88 Å². The number of hydrogen-bond donors (Lipinski definition) is 2. The van der Waals surface area contributed by atoms with Crippen molar-refractivity contribution in [2.75, 3.05) is 32.8 Å². The van der Waals surface area contributed by atoms with Crippen molar-refractivity contribution in [1.82, 2.24) is 34.7 Å². The quantitative estimate of drug-likeness (QED) is 0.209. The zero-order valence-electron chi connectivity index (χ0n) is 23.5. The van der Waals surface area contributed by atoms with Crippen molar-refractivity contribution in [3.05, 3.63) is 100 Å². The lowest BCUT2D eigenvalue weighted by molar-refractivity contribution is 0.0368. The summed E-state index contributed by atoms with van der Waals surface area (Å²) in [7, 11) is 0. The Kier molecular flexibility index (Phi) is 8.83. The van der Waals surface area contributed by atoms with Crippen molar-refractivity contribution < 1.29 is 9.84 Å². The molecule has 0 radical (unpaired) electrons. The van der Waals surface area contributed by atoms with E-state index in [1.165, 1.54) is 5.56 Å². The number of morpholine rings is 1. The number of nitrogens with zero attached hydrogens (tertiary/aromatic N) is 6.